The van der Waals surface area contributed by atoms with Gasteiger partial charge in [0.25, 0.3) is 0 Å². The third kappa shape index (κ3) is 3.42. The number of fused-ring (bicyclic) bond motifs is 1. The van der Waals surface area contributed by atoms with Gasteiger partial charge in [-0.1, -0.05) is 6.07 Å². The van der Waals surface area contributed by atoms with E-state index in [4.69, 9.17) is 0 Å². The van der Waals surface area contributed by atoms with Gasteiger partial charge in [-0.15, -0.1) is 11.8 Å². The van der Waals surface area contributed by atoms with Gasteiger partial charge in [0.15, 0.2) is 0 Å². The van der Waals surface area contributed by atoms with Crippen molar-refractivity contribution in [1.82, 2.24) is 5.32 Å². The van der Waals surface area contributed by atoms with Crippen LogP contribution in [0.25, 0.3) is 0 Å². The van der Waals surface area contributed by atoms with Crippen LogP contribution in [0.5, 0.6) is 5.75 Å². The van der Waals surface area contributed by atoms with E-state index >= 15 is 0 Å². The van der Waals surface area contributed by atoms with Crippen LogP contribution < -0.4 is 5.32 Å². The Labute approximate surface area is 135 Å². The van der Waals surface area contributed by atoms with Gasteiger partial charge in [0.05, 0.1) is 4.47 Å². The number of hydrogen-bond acceptors (Lipinski definition) is 3. The van der Waals surface area contributed by atoms with Crippen LogP contribution >= 0.6 is 27.7 Å². The van der Waals surface area contributed by atoms with Crippen molar-refractivity contribution < 1.29 is 9.50 Å². The van der Waals surface area contributed by atoms with Gasteiger partial charge in [-0.3, -0.25) is 0 Å². The van der Waals surface area contributed by atoms with Crippen molar-refractivity contribution in [1.29, 1.82) is 0 Å². The molecule has 1 aliphatic heterocycles. The molecule has 0 amide bonds. The minimum atomic E-state index is -0.185. The predicted octanol–water partition coefficient (Wildman–Crippen LogP) is 4.62. The Kier molecular flexibility index (Phi) is 4.52. The molecule has 0 aromatic heterocycles. The van der Waals surface area contributed by atoms with E-state index in [0.717, 1.165) is 28.2 Å². The second-order valence-corrected chi connectivity index (χ2v) is 7.03. The Balaban J connectivity index is 1.74. The van der Waals surface area contributed by atoms with Crippen LogP contribution in [-0.4, -0.2) is 10.9 Å². The fourth-order valence-electron chi connectivity index (χ4n) is 2.48. The van der Waals surface area contributed by atoms with E-state index in [-0.39, 0.29) is 17.6 Å². The molecule has 0 aliphatic carbocycles. The van der Waals surface area contributed by atoms with Crippen molar-refractivity contribution in [2.75, 3.05) is 5.75 Å². The highest BCUT2D eigenvalue weighted by Gasteiger charge is 2.20. The zero-order chi connectivity index (χ0) is 14.8. The van der Waals surface area contributed by atoms with Crippen molar-refractivity contribution in [3.05, 3.63) is 57.8 Å². The lowest BCUT2D eigenvalue weighted by molar-refractivity contribution is 0.470. The molecule has 1 heterocycles. The molecule has 2 nitrogen and oxygen atoms in total. The number of phenols is 1. The minimum absolute atomic E-state index is 0.171. The lowest BCUT2D eigenvalue weighted by Crippen LogP contribution is -2.24. The highest BCUT2D eigenvalue weighted by Crippen LogP contribution is 2.36. The van der Waals surface area contributed by atoms with Crippen molar-refractivity contribution in [2.45, 2.75) is 23.9 Å². The molecule has 0 radical (unpaired) electrons. The fraction of sp³-hybridized carbons (Fsp3) is 0.250. The maximum atomic E-state index is 13.5. The molecule has 1 unspecified atom stereocenters. The molecule has 21 heavy (non-hydrogen) atoms. The molecular weight excluding hydrogens is 353 g/mol. The summed E-state index contributed by atoms with van der Waals surface area (Å²) < 4.78 is 14.1. The summed E-state index contributed by atoms with van der Waals surface area (Å²) in [5, 5.41) is 13.0. The summed E-state index contributed by atoms with van der Waals surface area (Å²) >= 11 is 5.10. The van der Waals surface area contributed by atoms with Gasteiger partial charge < -0.3 is 10.4 Å². The molecule has 0 saturated heterocycles. The number of rotatable bonds is 3. The maximum absolute atomic E-state index is 13.5. The average molecular weight is 368 g/mol. The Morgan fingerprint density at radius 1 is 1.29 bits per heavy atom. The number of nitrogens with one attached hydrogen (secondary N) is 1. The van der Waals surface area contributed by atoms with E-state index in [1.165, 1.54) is 6.07 Å². The predicted molar refractivity (Wildman–Crippen MR) is 87.1 cm³/mol. The smallest absolute Gasteiger partial charge is 0.129 e. The van der Waals surface area contributed by atoms with Crippen molar-refractivity contribution in [2.24, 2.45) is 0 Å². The van der Waals surface area contributed by atoms with Gasteiger partial charge in [0.1, 0.15) is 11.6 Å². The Morgan fingerprint density at radius 3 is 2.95 bits per heavy atom. The number of halogens is 2. The summed E-state index contributed by atoms with van der Waals surface area (Å²) in [5.41, 5.74) is 2.12. The molecule has 0 bridgehead atoms. The van der Waals surface area contributed by atoms with Crippen LogP contribution in [0.3, 0.4) is 0 Å². The molecule has 1 aliphatic rings. The van der Waals surface area contributed by atoms with Gasteiger partial charge in [0.2, 0.25) is 0 Å². The molecule has 110 valence electrons. The van der Waals surface area contributed by atoms with Crippen molar-refractivity contribution >= 4 is 27.7 Å². The standard InChI is InChI=1S/C16H15BrFNOS/c17-13-7-10(1-3-15(13)20)9-19-14-5-6-21-16-4-2-11(18)8-12(14)16/h1-4,7-8,14,19-20H,5-6,9H2. The molecule has 1 atom stereocenters. The van der Waals surface area contributed by atoms with Crippen LogP contribution in [-0.2, 0) is 6.54 Å². The van der Waals surface area contributed by atoms with E-state index in [0.29, 0.717) is 11.0 Å². The molecule has 0 fully saturated rings. The van der Waals surface area contributed by atoms with Gasteiger partial charge >= 0.3 is 0 Å². The molecule has 5 heteroatoms. The van der Waals surface area contributed by atoms with Crippen LogP contribution in [0, 0.1) is 5.82 Å². The van der Waals surface area contributed by atoms with E-state index in [1.807, 2.05) is 18.2 Å². The van der Waals surface area contributed by atoms with Crippen LogP contribution in [0.1, 0.15) is 23.6 Å². The quantitative estimate of drug-likeness (QED) is 0.829. The number of benzene rings is 2. The topological polar surface area (TPSA) is 32.3 Å². The van der Waals surface area contributed by atoms with Crippen LogP contribution in [0.15, 0.2) is 45.8 Å². The van der Waals surface area contributed by atoms with Gasteiger partial charge in [-0.25, -0.2) is 4.39 Å². The van der Waals surface area contributed by atoms with Crippen molar-refractivity contribution in [3.8, 4) is 5.75 Å². The highest BCUT2D eigenvalue weighted by molar-refractivity contribution is 9.10. The summed E-state index contributed by atoms with van der Waals surface area (Å²) in [7, 11) is 0. The highest BCUT2D eigenvalue weighted by atomic mass is 79.9. The number of phenolic OH excluding ortho intramolecular Hbond substituents is 1. The normalized spacial score (nSPS) is 17.5. The van der Waals surface area contributed by atoms with E-state index in [1.54, 1.807) is 23.9 Å². The summed E-state index contributed by atoms with van der Waals surface area (Å²) in [6, 6.07) is 10.6. The molecule has 2 N–H and O–H groups in total. The van der Waals surface area contributed by atoms with E-state index < -0.39 is 0 Å². The third-order valence-corrected chi connectivity index (χ3v) is 5.33. The molecule has 0 spiro atoms. The Hall–Kier alpha value is -1.04. The third-order valence-electron chi connectivity index (χ3n) is 3.58. The Bertz CT molecular complexity index is 665. The average Bonchev–Trinajstić information content (AvgIpc) is 2.48. The second-order valence-electron chi connectivity index (χ2n) is 5.04. The largest absolute Gasteiger partial charge is 0.507 e. The molecule has 2 aromatic carbocycles. The first-order chi connectivity index (χ1) is 10.1. The number of thioether (sulfide) groups is 1. The lowest BCUT2D eigenvalue weighted by atomic mass is 10.0. The first kappa shape index (κ1) is 14.9. The summed E-state index contributed by atoms with van der Waals surface area (Å²) in [6.07, 6.45) is 0.986. The van der Waals surface area contributed by atoms with Gasteiger partial charge in [-0.2, -0.15) is 0 Å². The lowest BCUT2D eigenvalue weighted by Gasteiger charge is -2.26. The Morgan fingerprint density at radius 2 is 2.14 bits per heavy atom. The summed E-state index contributed by atoms with van der Waals surface area (Å²) in [6.45, 7) is 0.685. The first-order valence-electron chi connectivity index (χ1n) is 6.76. The maximum Gasteiger partial charge on any atom is 0.129 e. The summed E-state index contributed by atoms with van der Waals surface area (Å²) in [5.74, 6) is 1.09. The summed E-state index contributed by atoms with van der Waals surface area (Å²) in [4.78, 5) is 1.16. The van der Waals surface area contributed by atoms with E-state index in [9.17, 15) is 9.50 Å². The molecular formula is C16H15BrFNOS. The number of hydrogen-bond donors (Lipinski definition) is 2. The number of aromatic hydroxyl groups is 1. The molecule has 2 aromatic rings. The zero-order valence-corrected chi connectivity index (χ0v) is 13.7. The van der Waals surface area contributed by atoms with E-state index in [2.05, 4.69) is 21.2 Å². The van der Waals surface area contributed by atoms with Crippen LogP contribution in [0.4, 0.5) is 4.39 Å². The SMILES string of the molecule is Oc1ccc(CNC2CCSc3ccc(F)cc32)cc1Br. The van der Waals surface area contributed by atoms with Gasteiger partial charge in [0, 0.05) is 17.5 Å². The monoisotopic (exact) mass is 367 g/mol. The first-order valence-corrected chi connectivity index (χ1v) is 8.54. The fourth-order valence-corrected chi connectivity index (χ4v) is 4.01. The van der Waals surface area contributed by atoms with Crippen LogP contribution in [0.2, 0.25) is 0 Å². The zero-order valence-electron chi connectivity index (χ0n) is 11.3. The molecule has 3 rings (SSSR count). The van der Waals surface area contributed by atoms with Crippen molar-refractivity contribution in [3.63, 3.8) is 0 Å². The second kappa shape index (κ2) is 6.38. The minimum Gasteiger partial charge on any atom is -0.507 e. The van der Waals surface area contributed by atoms with Gasteiger partial charge in [-0.05, 0) is 69.6 Å². The molecule has 0 saturated carbocycles.